The molecule has 2 heterocycles. The van der Waals surface area contributed by atoms with Gasteiger partial charge in [-0.3, -0.25) is 0 Å². The van der Waals surface area contributed by atoms with Gasteiger partial charge >= 0.3 is 0 Å². The Bertz CT molecular complexity index is 785. The lowest BCUT2D eigenvalue weighted by Gasteiger charge is -2.09. The molecule has 0 saturated heterocycles. The second-order valence-corrected chi connectivity index (χ2v) is 6.09. The van der Waals surface area contributed by atoms with Crippen molar-refractivity contribution in [3.8, 4) is 0 Å². The summed E-state index contributed by atoms with van der Waals surface area (Å²) in [5.41, 5.74) is 2.57. The highest BCUT2D eigenvalue weighted by Gasteiger charge is 2.19. The summed E-state index contributed by atoms with van der Waals surface area (Å²) in [5, 5.41) is 0.411. The number of hydrogen-bond acceptors (Lipinski definition) is 3. The van der Waals surface area contributed by atoms with Crippen LogP contribution < -0.4 is 0 Å². The standard InChI is InChI=1S/C15H15Cl2N3O/c1-8(16)15-19-12-6-4-5-11(17)14(12)20(15)7-13-18-9(2)10(3)21-13/h4-6,8H,7H2,1-3H3. The van der Waals surface area contributed by atoms with Gasteiger partial charge in [0.05, 0.1) is 27.1 Å². The van der Waals surface area contributed by atoms with Crippen LogP contribution in [0.25, 0.3) is 11.0 Å². The summed E-state index contributed by atoms with van der Waals surface area (Å²) >= 11 is 12.6. The van der Waals surface area contributed by atoms with E-state index in [1.54, 1.807) is 0 Å². The molecule has 4 nitrogen and oxygen atoms in total. The van der Waals surface area contributed by atoms with Gasteiger partial charge in [-0.05, 0) is 32.9 Å². The largest absolute Gasteiger partial charge is 0.444 e. The SMILES string of the molecule is Cc1nc(Cn2c(C(C)Cl)nc3cccc(Cl)c32)oc1C. The maximum absolute atomic E-state index is 6.33. The maximum Gasteiger partial charge on any atom is 0.214 e. The molecule has 110 valence electrons. The summed E-state index contributed by atoms with van der Waals surface area (Å²) < 4.78 is 7.64. The van der Waals surface area contributed by atoms with Crippen molar-refractivity contribution in [3.63, 3.8) is 0 Å². The first-order valence-corrected chi connectivity index (χ1v) is 7.50. The number of hydrogen-bond donors (Lipinski definition) is 0. The van der Waals surface area contributed by atoms with Crippen LogP contribution in [0.5, 0.6) is 0 Å². The minimum atomic E-state index is -0.231. The Balaban J connectivity index is 2.17. The Morgan fingerprint density at radius 3 is 2.67 bits per heavy atom. The molecule has 3 aromatic rings. The average Bonchev–Trinajstić information content (AvgIpc) is 2.93. The normalized spacial score (nSPS) is 13.0. The third kappa shape index (κ3) is 2.54. The van der Waals surface area contributed by atoms with Crippen LogP contribution >= 0.6 is 23.2 Å². The smallest absolute Gasteiger partial charge is 0.214 e. The number of imidazole rings is 1. The van der Waals surface area contributed by atoms with Crippen molar-refractivity contribution in [2.75, 3.05) is 0 Å². The van der Waals surface area contributed by atoms with Crippen LogP contribution in [0.2, 0.25) is 5.02 Å². The molecule has 6 heteroatoms. The summed E-state index contributed by atoms with van der Waals surface area (Å²) in [6.07, 6.45) is 0. The second-order valence-electron chi connectivity index (χ2n) is 5.03. The van der Waals surface area contributed by atoms with E-state index in [9.17, 15) is 0 Å². The lowest BCUT2D eigenvalue weighted by Crippen LogP contribution is -2.06. The lowest BCUT2D eigenvalue weighted by molar-refractivity contribution is 0.456. The molecule has 1 atom stereocenters. The number of benzene rings is 1. The van der Waals surface area contributed by atoms with Gasteiger partial charge in [-0.15, -0.1) is 11.6 Å². The molecule has 0 radical (unpaired) electrons. The predicted octanol–water partition coefficient (Wildman–Crippen LogP) is 4.64. The monoisotopic (exact) mass is 323 g/mol. The molecular formula is C15H15Cl2N3O. The van der Waals surface area contributed by atoms with Crippen LogP contribution in [-0.4, -0.2) is 14.5 Å². The first-order valence-electron chi connectivity index (χ1n) is 6.69. The minimum Gasteiger partial charge on any atom is -0.444 e. The van der Waals surface area contributed by atoms with Crippen molar-refractivity contribution < 1.29 is 4.42 Å². The molecule has 0 spiro atoms. The topological polar surface area (TPSA) is 43.9 Å². The molecule has 0 amide bonds. The van der Waals surface area contributed by atoms with E-state index in [1.807, 2.05) is 43.5 Å². The molecule has 1 unspecified atom stereocenters. The molecule has 2 aromatic heterocycles. The average molecular weight is 324 g/mol. The molecule has 0 N–H and O–H groups in total. The van der Waals surface area contributed by atoms with Crippen LogP contribution in [0.15, 0.2) is 22.6 Å². The van der Waals surface area contributed by atoms with Crippen LogP contribution in [0.4, 0.5) is 0 Å². The summed E-state index contributed by atoms with van der Waals surface area (Å²) in [6.45, 7) is 6.17. The van der Waals surface area contributed by atoms with Crippen molar-refractivity contribution in [2.45, 2.75) is 32.7 Å². The highest BCUT2D eigenvalue weighted by Crippen LogP contribution is 2.30. The third-order valence-electron chi connectivity index (χ3n) is 3.47. The Hall–Kier alpha value is -1.52. The number of nitrogens with zero attached hydrogens (tertiary/aromatic N) is 3. The van der Waals surface area contributed by atoms with Gasteiger partial charge < -0.3 is 8.98 Å². The van der Waals surface area contributed by atoms with E-state index in [4.69, 9.17) is 27.6 Å². The predicted molar refractivity (Wildman–Crippen MR) is 84.1 cm³/mol. The number of fused-ring (bicyclic) bond motifs is 1. The highest BCUT2D eigenvalue weighted by atomic mass is 35.5. The highest BCUT2D eigenvalue weighted by molar-refractivity contribution is 6.35. The van der Waals surface area contributed by atoms with E-state index < -0.39 is 0 Å². The molecule has 0 aliphatic heterocycles. The number of oxazole rings is 1. The molecule has 0 fully saturated rings. The summed E-state index contributed by atoms with van der Waals surface area (Å²) in [5.74, 6) is 2.21. The zero-order chi connectivity index (χ0) is 15.1. The van der Waals surface area contributed by atoms with E-state index in [0.717, 1.165) is 28.3 Å². The molecule has 0 saturated carbocycles. The number of alkyl halides is 1. The molecule has 0 bridgehead atoms. The molecule has 0 aliphatic carbocycles. The van der Waals surface area contributed by atoms with E-state index in [1.165, 1.54) is 0 Å². The van der Waals surface area contributed by atoms with Crippen molar-refractivity contribution in [3.05, 3.63) is 46.4 Å². The van der Waals surface area contributed by atoms with Crippen molar-refractivity contribution >= 4 is 34.2 Å². The van der Waals surface area contributed by atoms with E-state index in [2.05, 4.69) is 9.97 Å². The second kappa shape index (κ2) is 5.35. The van der Waals surface area contributed by atoms with Crippen LogP contribution in [0.1, 0.15) is 35.5 Å². The van der Waals surface area contributed by atoms with Crippen LogP contribution in [0.3, 0.4) is 0 Å². The lowest BCUT2D eigenvalue weighted by atomic mass is 10.3. The Morgan fingerprint density at radius 1 is 1.29 bits per heavy atom. The molecule has 0 aliphatic rings. The Labute approximate surface area is 132 Å². The molecular weight excluding hydrogens is 309 g/mol. The number of rotatable bonds is 3. The first-order chi connectivity index (χ1) is 9.97. The fraction of sp³-hybridized carbons (Fsp3) is 0.333. The summed E-state index contributed by atoms with van der Waals surface area (Å²) in [7, 11) is 0. The zero-order valence-electron chi connectivity index (χ0n) is 12.0. The summed E-state index contributed by atoms with van der Waals surface area (Å²) in [4.78, 5) is 9.00. The zero-order valence-corrected chi connectivity index (χ0v) is 13.5. The van der Waals surface area contributed by atoms with Gasteiger partial charge in [0.25, 0.3) is 0 Å². The van der Waals surface area contributed by atoms with Crippen LogP contribution in [0, 0.1) is 13.8 Å². The Morgan fingerprint density at radius 2 is 2.05 bits per heavy atom. The maximum atomic E-state index is 6.33. The van der Waals surface area contributed by atoms with Crippen molar-refractivity contribution in [2.24, 2.45) is 0 Å². The molecule has 1 aromatic carbocycles. The van der Waals surface area contributed by atoms with Gasteiger partial charge in [0.15, 0.2) is 0 Å². The fourth-order valence-electron chi connectivity index (χ4n) is 2.37. The number of aromatic nitrogens is 3. The van der Waals surface area contributed by atoms with Gasteiger partial charge in [0.2, 0.25) is 5.89 Å². The van der Waals surface area contributed by atoms with Crippen LogP contribution in [-0.2, 0) is 6.54 Å². The molecule has 21 heavy (non-hydrogen) atoms. The van der Waals surface area contributed by atoms with Gasteiger partial charge in [-0.25, -0.2) is 9.97 Å². The number of aryl methyl sites for hydroxylation is 2. The quantitative estimate of drug-likeness (QED) is 0.659. The first kappa shape index (κ1) is 14.4. The fourth-order valence-corrected chi connectivity index (χ4v) is 2.80. The number of halogens is 2. The van der Waals surface area contributed by atoms with Crippen molar-refractivity contribution in [1.29, 1.82) is 0 Å². The Kier molecular flexibility index (Phi) is 3.68. The van der Waals surface area contributed by atoms with Gasteiger partial charge in [0.1, 0.15) is 18.1 Å². The third-order valence-corrected chi connectivity index (χ3v) is 3.97. The van der Waals surface area contributed by atoms with Crippen molar-refractivity contribution in [1.82, 2.24) is 14.5 Å². The van der Waals surface area contributed by atoms with Gasteiger partial charge in [-0.1, -0.05) is 17.7 Å². The number of para-hydroxylation sites is 1. The molecule has 3 rings (SSSR count). The van der Waals surface area contributed by atoms with E-state index in [0.29, 0.717) is 17.5 Å². The van der Waals surface area contributed by atoms with E-state index >= 15 is 0 Å². The van der Waals surface area contributed by atoms with Gasteiger partial charge in [0, 0.05) is 0 Å². The summed E-state index contributed by atoms with van der Waals surface area (Å²) in [6, 6.07) is 5.65. The van der Waals surface area contributed by atoms with Gasteiger partial charge in [-0.2, -0.15) is 0 Å². The van der Waals surface area contributed by atoms with E-state index in [-0.39, 0.29) is 5.38 Å². The minimum absolute atomic E-state index is 0.231.